The van der Waals surface area contributed by atoms with Crippen molar-refractivity contribution in [1.29, 1.82) is 0 Å². The first-order valence-corrected chi connectivity index (χ1v) is 6.73. The van der Waals surface area contributed by atoms with E-state index in [4.69, 9.17) is 16.3 Å². The minimum Gasteiger partial charge on any atom is -0.381 e. The van der Waals surface area contributed by atoms with E-state index < -0.39 is 0 Å². The molecule has 0 spiro atoms. The van der Waals surface area contributed by atoms with Crippen LogP contribution in [-0.4, -0.2) is 19.8 Å². The molecule has 0 heterocycles. The summed E-state index contributed by atoms with van der Waals surface area (Å²) in [5.74, 6) is 0. The molecule has 0 saturated heterocycles. The van der Waals surface area contributed by atoms with Crippen molar-refractivity contribution < 1.29 is 4.74 Å². The highest BCUT2D eigenvalue weighted by Crippen LogP contribution is 2.10. The maximum absolute atomic E-state index is 5.91. The molecule has 1 aromatic rings. The van der Waals surface area contributed by atoms with Gasteiger partial charge in [-0.2, -0.15) is 0 Å². The summed E-state index contributed by atoms with van der Waals surface area (Å²) in [7, 11) is 0. The summed E-state index contributed by atoms with van der Waals surface area (Å²) in [5.41, 5.74) is 1.23. The van der Waals surface area contributed by atoms with Crippen LogP contribution in [0.2, 0.25) is 5.02 Å². The molecule has 2 nitrogen and oxygen atoms in total. The Balaban J connectivity index is 1.97. The summed E-state index contributed by atoms with van der Waals surface area (Å²) in [5, 5.41) is 4.18. The number of nitrogens with one attached hydrogen (secondary N) is 1. The van der Waals surface area contributed by atoms with Crippen LogP contribution < -0.4 is 5.32 Å². The summed E-state index contributed by atoms with van der Waals surface area (Å²) in [6, 6.07) is 7.95. The van der Waals surface area contributed by atoms with Gasteiger partial charge in [-0.3, -0.25) is 0 Å². The number of hydrogen-bond donors (Lipinski definition) is 1. The van der Waals surface area contributed by atoms with Gasteiger partial charge in [0, 0.05) is 24.8 Å². The molecule has 3 heteroatoms. The Kier molecular flexibility index (Phi) is 8.06. The smallest absolute Gasteiger partial charge is 0.0478 e. The van der Waals surface area contributed by atoms with Gasteiger partial charge in [0.05, 0.1) is 0 Å². The van der Waals surface area contributed by atoms with Crippen LogP contribution in [0, 0.1) is 0 Å². The van der Waals surface area contributed by atoms with Crippen molar-refractivity contribution in [1.82, 2.24) is 5.32 Å². The Bertz CT molecular complexity index is 304. The zero-order valence-electron chi connectivity index (χ0n) is 10.5. The zero-order chi connectivity index (χ0) is 12.3. The highest BCUT2D eigenvalue weighted by molar-refractivity contribution is 6.30. The van der Waals surface area contributed by atoms with E-state index in [2.05, 4.69) is 18.3 Å². The van der Waals surface area contributed by atoms with Crippen LogP contribution in [0.1, 0.15) is 31.7 Å². The number of benzene rings is 1. The number of ether oxygens (including phenoxy) is 1. The monoisotopic (exact) mass is 255 g/mol. The first-order valence-electron chi connectivity index (χ1n) is 6.36. The molecule has 17 heavy (non-hydrogen) atoms. The van der Waals surface area contributed by atoms with Gasteiger partial charge in [0.1, 0.15) is 0 Å². The van der Waals surface area contributed by atoms with Gasteiger partial charge in [0.25, 0.3) is 0 Å². The minimum atomic E-state index is 0.798. The van der Waals surface area contributed by atoms with Crippen molar-refractivity contribution in [3.05, 3.63) is 34.9 Å². The summed E-state index contributed by atoms with van der Waals surface area (Å²) >= 11 is 5.91. The Morgan fingerprint density at radius 1 is 1.24 bits per heavy atom. The van der Waals surface area contributed by atoms with Crippen LogP contribution in [0.4, 0.5) is 0 Å². The first kappa shape index (κ1) is 14.5. The van der Waals surface area contributed by atoms with Crippen LogP contribution in [0.25, 0.3) is 0 Å². The molecule has 0 aliphatic carbocycles. The van der Waals surface area contributed by atoms with Gasteiger partial charge in [-0.15, -0.1) is 0 Å². The molecule has 0 aliphatic rings. The summed E-state index contributed by atoms with van der Waals surface area (Å²) in [6.07, 6.45) is 3.42. The fraction of sp³-hybridized carbons (Fsp3) is 0.571. The fourth-order valence-electron chi connectivity index (χ4n) is 1.53. The normalized spacial score (nSPS) is 10.7. The van der Waals surface area contributed by atoms with E-state index in [-0.39, 0.29) is 0 Å². The predicted molar refractivity (Wildman–Crippen MR) is 73.5 cm³/mol. The second-order valence-corrected chi connectivity index (χ2v) is 4.56. The summed E-state index contributed by atoms with van der Waals surface area (Å²) in [6.45, 7) is 5.78. The van der Waals surface area contributed by atoms with Crippen LogP contribution >= 0.6 is 11.6 Å². The topological polar surface area (TPSA) is 21.3 Å². The minimum absolute atomic E-state index is 0.798. The maximum atomic E-state index is 5.91. The van der Waals surface area contributed by atoms with E-state index >= 15 is 0 Å². The van der Waals surface area contributed by atoms with E-state index in [1.165, 1.54) is 12.0 Å². The van der Waals surface area contributed by atoms with E-state index in [1.807, 2.05) is 18.2 Å². The summed E-state index contributed by atoms with van der Waals surface area (Å²) < 4.78 is 5.48. The number of unbranched alkanes of at least 4 members (excludes halogenated alkanes) is 1. The Morgan fingerprint density at radius 3 is 2.82 bits per heavy atom. The Morgan fingerprint density at radius 2 is 2.06 bits per heavy atom. The molecule has 0 atom stereocenters. The molecule has 0 unspecified atom stereocenters. The number of hydrogen-bond acceptors (Lipinski definition) is 2. The zero-order valence-corrected chi connectivity index (χ0v) is 11.3. The van der Waals surface area contributed by atoms with E-state index in [0.717, 1.165) is 44.2 Å². The average molecular weight is 256 g/mol. The van der Waals surface area contributed by atoms with E-state index in [9.17, 15) is 0 Å². The SMILES string of the molecule is CCCCOCCCNCc1cccc(Cl)c1. The van der Waals surface area contributed by atoms with Gasteiger partial charge in [0.15, 0.2) is 0 Å². The molecule has 0 saturated carbocycles. The van der Waals surface area contributed by atoms with Crippen LogP contribution in [-0.2, 0) is 11.3 Å². The molecule has 96 valence electrons. The van der Waals surface area contributed by atoms with Gasteiger partial charge in [-0.25, -0.2) is 0 Å². The van der Waals surface area contributed by atoms with Crippen LogP contribution in [0.3, 0.4) is 0 Å². The molecule has 0 radical (unpaired) electrons. The molecule has 0 amide bonds. The third-order valence-electron chi connectivity index (χ3n) is 2.50. The predicted octanol–water partition coefficient (Wildman–Crippen LogP) is 3.64. The lowest BCUT2D eigenvalue weighted by Crippen LogP contribution is -2.16. The van der Waals surface area contributed by atoms with Gasteiger partial charge < -0.3 is 10.1 Å². The molecule has 0 aromatic heterocycles. The molecule has 0 fully saturated rings. The lowest BCUT2D eigenvalue weighted by molar-refractivity contribution is 0.129. The van der Waals surface area contributed by atoms with E-state index in [0.29, 0.717) is 0 Å². The largest absolute Gasteiger partial charge is 0.381 e. The van der Waals surface area contributed by atoms with Crippen molar-refractivity contribution in [2.24, 2.45) is 0 Å². The Hall–Kier alpha value is -0.570. The number of halogens is 1. The van der Waals surface area contributed by atoms with Gasteiger partial charge in [-0.1, -0.05) is 37.1 Å². The highest BCUT2D eigenvalue weighted by Gasteiger charge is 1.94. The lowest BCUT2D eigenvalue weighted by Gasteiger charge is -2.06. The highest BCUT2D eigenvalue weighted by atomic mass is 35.5. The van der Waals surface area contributed by atoms with Crippen molar-refractivity contribution in [3.63, 3.8) is 0 Å². The van der Waals surface area contributed by atoms with Gasteiger partial charge in [-0.05, 0) is 37.1 Å². The van der Waals surface area contributed by atoms with Crippen LogP contribution in [0.5, 0.6) is 0 Å². The molecular weight excluding hydrogens is 234 g/mol. The molecule has 0 bridgehead atoms. The second kappa shape index (κ2) is 9.46. The third kappa shape index (κ3) is 7.37. The van der Waals surface area contributed by atoms with Crippen molar-refractivity contribution in [2.75, 3.05) is 19.8 Å². The molecule has 1 N–H and O–H groups in total. The standard InChI is InChI=1S/C14H22ClNO/c1-2-3-9-17-10-5-8-16-12-13-6-4-7-14(15)11-13/h4,6-7,11,16H,2-3,5,8-10,12H2,1H3. The van der Waals surface area contributed by atoms with Crippen LogP contribution in [0.15, 0.2) is 24.3 Å². The van der Waals surface area contributed by atoms with Crippen molar-refractivity contribution in [3.8, 4) is 0 Å². The molecular formula is C14H22ClNO. The van der Waals surface area contributed by atoms with Crippen molar-refractivity contribution >= 4 is 11.6 Å². The third-order valence-corrected chi connectivity index (χ3v) is 2.74. The molecule has 0 aliphatic heterocycles. The van der Waals surface area contributed by atoms with Gasteiger partial charge >= 0.3 is 0 Å². The van der Waals surface area contributed by atoms with Crippen molar-refractivity contribution in [2.45, 2.75) is 32.7 Å². The summed E-state index contributed by atoms with van der Waals surface area (Å²) in [4.78, 5) is 0. The maximum Gasteiger partial charge on any atom is 0.0478 e. The Labute approximate surface area is 109 Å². The van der Waals surface area contributed by atoms with E-state index in [1.54, 1.807) is 0 Å². The lowest BCUT2D eigenvalue weighted by atomic mass is 10.2. The van der Waals surface area contributed by atoms with Gasteiger partial charge in [0.2, 0.25) is 0 Å². The molecule has 1 rings (SSSR count). The quantitative estimate of drug-likeness (QED) is 0.681. The molecule has 1 aromatic carbocycles. The first-order chi connectivity index (χ1) is 8.33. The number of rotatable bonds is 9. The average Bonchev–Trinajstić information content (AvgIpc) is 2.33. The second-order valence-electron chi connectivity index (χ2n) is 4.13. The fourth-order valence-corrected chi connectivity index (χ4v) is 1.74.